The molecule has 2 fully saturated rings. The lowest BCUT2D eigenvalue weighted by molar-refractivity contribution is -0.270. The number of carbonyl (C=O) groups is 5. The van der Waals surface area contributed by atoms with E-state index in [0.29, 0.717) is 31.7 Å². The Morgan fingerprint density at radius 2 is 1.57 bits per heavy atom. The largest absolute Gasteiger partial charge is 0.487 e. The maximum atomic E-state index is 15.9. The highest BCUT2D eigenvalue weighted by atomic mass is 19.1. The lowest BCUT2D eigenvalue weighted by Crippen LogP contribution is -2.67. The van der Waals surface area contributed by atoms with Gasteiger partial charge in [0.2, 0.25) is 11.7 Å². The number of hydrogen-bond donors (Lipinski definition) is 1. The Hall–Kier alpha value is -4.77. The molecular formula is C32H39FN4O12. The summed E-state index contributed by atoms with van der Waals surface area (Å²) in [6, 6.07) is -0.821. The van der Waals surface area contributed by atoms with Gasteiger partial charge in [0.05, 0.1) is 16.9 Å². The standard InChI is InChI=1S/C32H39FN4O12/c1-15-13-45-30-25-20(11-22(33)26(30)36-9-7-35(6)8-10-36)27(42)21(12-37(15)25)31(43)34-24-29(47-18(4)40)28(46-17(3)39)23(14-44-16(2)38)49-32(24)48-19(5)41/h11-12,15,23-24,28-29,32H,7-10,13-14H2,1-6H3,(H,34,43)/t15?,23-,24-,28-,29-,32+/m1/s1. The third-order valence-corrected chi connectivity index (χ3v) is 8.49. The number of amides is 1. The molecule has 3 aliphatic rings. The molecule has 1 amide bonds. The number of anilines is 1. The summed E-state index contributed by atoms with van der Waals surface area (Å²) in [6.07, 6.45) is -4.64. The minimum absolute atomic E-state index is 0.100. The van der Waals surface area contributed by atoms with Crippen molar-refractivity contribution in [2.45, 2.75) is 71.3 Å². The number of pyridine rings is 1. The SMILES string of the molecule is CC(=O)OC[C@H]1O[C@H](OC(C)=O)[C@H](NC(=O)c2cn3c4c(c(N5CCN(C)CC5)c(F)cc4c2=O)OCC3C)[C@@H](OC(C)=O)[C@@H]1OC(C)=O. The average molecular weight is 691 g/mol. The number of nitrogens with one attached hydrogen (secondary N) is 1. The number of hydrogen-bond acceptors (Lipinski definition) is 14. The predicted molar refractivity (Wildman–Crippen MR) is 168 cm³/mol. The summed E-state index contributed by atoms with van der Waals surface area (Å²) in [4.78, 5) is 80.0. The van der Waals surface area contributed by atoms with E-state index >= 15 is 4.39 Å². The topological polar surface area (TPSA) is 181 Å². The first-order valence-electron chi connectivity index (χ1n) is 15.7. The molecule has 0 aliphatic carbocycles. The number of halogens is 1. The molecule has 6 atom stereocenters. The van der Waals surface area contributed by atoms with E-state index in [1.165, 1.54) is 6.20 Å². The van der Waals surface area contributed by atoms with Crippen LogP contribution in [0.2, 0.25) is 0 Å². The van der Waals surface area contributed by atoms with Gasteiger partial charge in [-0.3, -0.25) is 28.8 Å². The Morgan fingerprint density at radius 3 is 2.18 bits per heavy atom. The van der Waals surface area contributed by atoms with Crippen LogP contribution in [-0.2, 0) is 42.9 Å². The molecule has 0 radical (unpaired) electrons. The Morgan fingerprint density at radius 1 is 0.939 bits per heavy atom. The zero-order valence-electron chi connectivity index (χ0n) is 28.0. The van der Waals surface area contributed by atoms with Crippen molar-refractivity contribution < 1.29 is 56.8 Å². The van der Waals surface area contributed by atoms with Gasteiger partial charge in [0.15, 0.2) is 23.8 Å². The molecule has 17 heteroatoms. The molecule has 49 heavy (non-hydrogen) atoms. The number of ether oxygens (including phenoxy) is 6. The maximum absolute atomic E-state index is 15.9. The normalized spacial score (nSPS) is 25.2. The van der Waals surface area contributed by atoms with Gasteiger partial charge in [0.1, 0.15) is 36.6 Å². The first kappa shape index (κ1) is 35.5. The summed E-state index contributed by atoms with van der Waals surface area (Å²) in [5.41, 5.74) is -0.658. The lowest BCUT2D eigenvalue weighted by atomic mass is 9.95. The average Bonchev–Trinajstić information content (AvgIpc) is 3.01. The zero-order chi connectivity index (χ0) is 35.7. The minimum atomic E-state index is -1.66. The van der Waals surface area contributed by atoms with Crippen molar-refractivity contribution in [2.24, 2.45) is 0 Å². The molecule has 0 saturated carbocycles. The Bertz CT molecular complexity index is 1720. The van der Waals surface area contributed by atoms with Crippen LogP contribution in [0.5, 0.6) is 5.75 Å². The van der Waals surface area contributed by atoms with Gasteiger partial charge in [-0.1, -0.05) is 0 Å². The second-order valence-corrected chi connectivity index (χ2v) is 12.3. The molecule has 16 nitrogen and oxygen atoms in total. The molecule has 5 rings (SSSR count). The number of nitrogens with zero attached hydrogens (tertiary/aromatic N) is 3. The number of aromatic nitrogens is 1. The summed E-state index contributed by atoms with van der Waals surface area (Å²) in [7, 11) is 1.97. The summed E-state index contributed by atoms with van der Waals surface area (Å²) >= 11 is 0. The highest BCUT2D eigenvalue weighted by molar-refractivity contribution is 6.00. The predicted octanol–water partition coefficient (Wildman–Crippen LogP) is 0.659. The van der Waals surface area contributed by atoms with Gasteiger partial charge in [-0.05, 0) is 20.0 Å². The molecule has 4 heterocycles. The second kappa shape index (κ2) is 14.4. The van der Waals surface area contributed by atoms with Crippen molar-refractivity contribution in [3.63, 3.8) is 0 Å². The van der Waals surface area contributed by atoms with Crippen molar-refractivity contribution in [3.05, 3.63) is 33.9 Å². The second-order valence-electron chi connectivity index (χ2n) is 12.3. The smallest absolute Gasteiger partial charge is 0.305 e. The summed E-state index contributed by atoms with van der Waals surface area (Å²) in [5.74, 6) is -4.74. The molecule has 266 valence electrons. The first-order chi connectivity index (χ1) is 23.2. The van der Waals surface area contributed by atoms with Crippen LogP contribution >= 0.6 is 0 Å². The van der Waals surface area contributed by atoms with Crippen molar-refractivity contribution in [1.29, 1.82) is 0 Å². The van der Waals surface area contributed by atoms with Crippen molar-refractivity contribution in [1.82, 2.24) is 14.8 Å². The molecule has 2 saturated heterocycles. The van der Waals surface area contributed by atoms with Crippen LogP contribution in [0.3, 0.4) is 0 Å². The molecule has 0 bridgehead atoms. The van der Waals surface area contributed by atoms with Gasteiger partial charge in [0.25, 0.3) is 5.91 Å². The number of carbonyl (C=O) groups excluding carboxylic acids is 5. The van der Waals surface area contributed by atoms with Crippen LogP contribution in [0.1, 0.15) is 51.0 Å². The van der Waals surface area contributed by atoms with Crippen LogP contribution in [0.4, 0.5) is 10.1 Å². The highest BCUT2D eigenvalue weighted by Crippen LogP contribution is 2.42. The number of esters is 4. The Balaban J connectivity index is 1.57. The fraction of sp³-hybridized carbons (Fsp3) is 0.562. The van der Waals surface area contributed by atoms with Crippen LogP contribution in [0.25, 0.3) is 10.9 Å². The van der Waals surface area contributed by atoms with Crippen LogP contribution in [-0.4, -0.2) is 116 Å². The number of rotatable bonds is 8. The molecule has 1 unspecified atom stereocenters. The monoisotopic (exact) mass is 690 g/mol. The summed E-state index contributed by atoms with van der Waals surface area (Å²) in [5, 5.41) is 2.45. The van der Waals surface area contributed by atoms with Gasteiger partial charge in [-0.15, -0.1) is 0 Å². The van der Waals surface area contributed by atoms with E-state index in [2.05, 4.69) is 10.2 Å². The molecule has 2 aromatic rings. The molecule has 1 N–H and O–H groups in total. The Kier molecular flexibility index (Phi) is 10.4. The number of likely N-dealkylation sites (N-methyl/N-ethyl adjacent to an activating group) is 1. The van der Waals surface area contributed by atoms with Crippen LogP contribution < -0.4 is 20.4 Å². The van der Waals surface area contributed by atoms with Crippen molar-refractivity contribution >= 4 is 46.4 Å². The van der Waals surface area contributed by atoms with Gasteiger partial charge >= 0.3 is 23.9 Å². The minimum Gasteiger partial charge on any atom is -0.487 e. The van der Waals surface area contributed by atoms with Crippen molar-refractivity contribution in [3.8, 4) is 5.75 Å². The highest BCUT2D eigenvalue weighted by Gasteiger charge is 2.52. The number of benzene rings is 1. The van der Waals surface area contributed by atoms with Crippen LogP contribution in [0.15, 0.2) is 17.1 Å². The van der Waals surface area contributed by atoms with Crippen molar-refractivity contribution in [2.75, 3.05) is 51.3 Å². The van der Waals surface area contributed by atoms with Crippen LogP contribution in [0, 0.1) is 5.82 Å². The first-order valence-corrected chi connectivity index (χ1v) is 15.7. The third-order valence-electron chi connectivity index (χ3n) is 8.49. The van der Waals surface area contributed by atoms with Gasteiger partial charge < -0.3 is 48.1 Å². The van der Waals surface area contributed by atoms with E-state index in [0.717, 1.165) is 33.8 Å². The molecule has 1 aromatic heterocycles. The van der Waals surface area contributed by atoms with Gasteiger partial charge in [-0.25, -0.2) is 4.39 Å². The lowest BCUT2D eigenvalue weighted by Gasteiger charge is -2.44. The molecule has 1 aromatic carbocycles. The Labute approximate surface area is 280 Å². The van der Waals surface area contributed by atoms with E-state index in [-0.39, 0.29) is 29.5 Å². The van der Waals surface area contributed by atoms with Gasteiger partial charge in [0, 0.05) is 60.1 Å². The van der Waals surface area contributed by atoms with Gasteiger partial charge in [-0.2, -0.15) is 0 Å². The third kappa shape index (κ3) is 7.46. The fourth-order valence-corrected chi connectivity index (χ4v) is 6.25. The fourth-order valence-electron chi connectivity index (χ4n) is 6.25. The summed E-state index contributed by atoms with van der Waals surface area (Å²) in [6.45, 7) is 8.27. The van der Waals surface area contributed by atoms with E-state index in [1.54, 1.807) is 4.57 Å². The zero-order valence-corrected chi connectivity index (χ0v) is 28.0. The number of piperazine rings is 1. The maximum Gasteiger partial charge on any atom is 0.305 e. The quantitative estimate of drug-likeness (QED) is 0.301. The van der Waals surface area contributed by atoms with E-state index in [9.17, 15) is 28.8 Å². The summed E-state index contributed by atoms with van der Waals surface area (Å²) < 4.78 is 50.6. The van der Waals surface area contributed by atoms with E-state index in [1.807, 2.05) is 18.9 Å². The molecule has 3 aliphatic heterocycles. The van der Waals surface area contributed by atoms with E-state index in [4.69, 9.17) is 28.4 Å². The molecule has 0 spiro atoms. The van der Waals surface area contributed by atoms with E-state index < -0.39 is 83.8 Å². The molecular weight excluding hydrogens is 651 g/mol.